The average molecular weight is 381 g/mol. The maximum absolute atomic E-state index is 13.1. The largest absolute Gasteiger partial charge is 0.355 e. The van der Waals surface area contributed by atoms with E-state index in [2.05, 4.69) is 15.4 Å². The third-order valence-corrected chi connectivity index (χ3v) is 5.09. The number of aromatic nitrogens is 3. The molecule has 0 aliphatic carbocycles. The molecular weight excluding hydrogens is 361 g/mol. The zero-order valence-electron chi connectivity index (χ0n) is 15.4. The van der Waals surface area contributed by atoms with Crippen molar-refractivity contribution in [3.63, 3.8) is 0 Å². The second kappa shape index (κ2) is 7.38. The minimum Gasteiger partial charge on any atom is -0.355 e. The predicted octanol–water partition coefficient (Wildman–Crippen LogP) is 2.13. The molecule has 0 spiro atoms. The number of halogens is 1. The van der Waals surface area contributed by atoms with Crippen molar-refractivity contribution in [1.29, 1.82) is 0 Å². The molecule has 1 aliphatic rings. The van der Waals surface area contributed by atoms with E-state index >= 15 is 0 Å². The molecule has 4 rings (SSSR count). The quantitative estimate of drug-likeness (QED) is 0.751. The number of benzene rings is 1. The molecule has 1 saturated heterocycles. The summed E-state index contributed by atoms with van der Waals surface area (Å²) in [5.41, 5.74) is 2.46. The summed E-state index contributed by atoms with van der Waals surface area (Å²) in [6.45, 7) is 0.651. The zero-order valence-corrected chi connectivity index (χ0v) is 15.4. The molecule has 2 amide bonds. The van der Waals surface area contributed by atoms with Crippen molar-refractivity contribution in [2.75, 3.05) is 13.6 Å². The molecule has 3 heterocycles. The molecule has 0 saturated carbocycles. The number of fused-ring (bicyclic) bond motifs is 1. The van der Waals surface area contributed by atoms with Gasteiger partial charge in [-0.25, -0.2) is 13.9 Å². The monoisotopic (exact) mass is 381 g/mol. The maximum Gasteiger partial charge on any atom is 0.256 e. The molecule has 1 aromatic carbocycles. The van der Waals surface area contributed by atoms with Crippen molar-refractivity contribution in [3.8, 4) is 0 Å². The lowest BCUT2D eigenvalue weighted by molar-refractivity contribution is -0.131. The molecule has 144 valence electrons. The highest BCUT2D eigenvalue weighted by molar-refractivity contribution is 5.99. The molecule has 0 bridgehead atoms. The van der Waals surface area contributed by atoms with Crippen LogP contribution in [0, 0.1) is 5.82 Å². The molecular formula is C20H20FN5O2. The van der Waals surface area contributed by atoms with Crippen molar-refractivity contribution in [1.82, 2.24) is 24.8 Å². The van der Waals surface area contributed by atoms with Gasteiger partial charge in [-0.2, -0.15) is 5.10 Å². The first kappa shape index (κ1) is 18.1. The molecule has 0 unspecified atom stereocenters. The third-order valence-electron chi connectivity index (χ3n) is 5.09. The summed E-state index contributed by atoms with van der Waals surface area (Å²) >= 11 is 0. The van der Waals surface area contributed by atoms with Gasteiger partial charge in [-0.15, -0.1) is 0 Å². The van der Waals surface area contributed by atoms with Gasteiger partial charge in [0.25, 0.3) is 5.91 Å². The normalized spacial score (nSPS) is 16.5. The standard InChI is InChI=1S/C20H20FN5O2/c1-22-20(28)15-12-24-26-17(8-9-23-19(15)26)16-3-2-10-25(16)18(27)11-13-4-6-14(21)7-5-13/h4-9,12,16H,2-3,10-11H2,1H3,(H,22,28)/t16-/m0/s1. The Kier molecular flexibility index (Phi) is 4.77. The van der Waals surface area contributed by atoms with Crippen LogP contribution in [0.5, 0.6) is 0 Å². The minimum atomic E-state index is -0.319. The summed E-state index contributed by atoms with van der Waals surface area (Å²) in [7, 11) is 1.56. The summed E-state index contributed by atoms with van der Waals surface area (Å²) in [5, 5.41) is 6.92. The molecule has 3 aromatic rings. The van der Waals surface area contributed by atoms with Crippen LogP contribution in [0.1, 0.15) is 40.5 Å². The van der Waals surface area contributed by atoms with E-state index in [1.54, 1.807) is 29.9 Å². The van der Waals surface area contributed by atoms with E-state index in [-0.39, 0.29) is 30.1 Å². The van der Waals surface area contributed by atoms with Gasteiger partial charge in [0.15, 0.2) is 5.65 Å². The van der Waals surface area contributed by atoms with Crippen molar-refractivity contribution in [2.24, 2.45) is 0 Å². The summed E-state index contributed by atoms with van der Waals surface area (Å²) < 4.78 is 14.7. The van der Waals surface area contributed by atoms with Gasteiger partial charge in [-0.05, 0) is 36.6 Å². The van der Waals surface area contributed by atoms with E-state index in [0.717, 1.165) is 24.1 Å². The van der Waals surface area contributed by atoms with E-state index in [1.165, 1.54) is 18.3 Å². The van der Waals surface area contributed by atoms with Crippen LogP contribution >= 0.6 is 0 Å². The summed E-state index contributed by atoms with van der Waals surface area (Å²) in [4.78, 5) is 31.0. The van der Waals surface area contributed by atoms with E-state index in [9.17, 15) is 14.0 Å². The number of likely N-dealkylation sites (tertiary alicyclic amines) is 1. The lowest BCUT2D eigenvalue weighted by Crippen LogP contribution is -2.32. The van der Waals surface area contributed by atoms with E-state index < -0.39 is 0 Å². The fourth-order valence-corrected chi connectivity index (χ4v) is 3.71. The van der Waals surface area contributed by atoms with Gasteiger partial charge in [0.2, 0.25) is 5.91 Å². The Morgan fingerprint density at radius 2 is 2.04 bits per heavy atom. The number of carbonyl (C=O) groups is 2. The van der Waals surface area contributed by atoms with E-state index in [4.69, 9.17) is 0 Å². The molecule has 1 aliphatic heterocycles. The average Bonchev–Trinajstić information content (AvgIpc) is 3.36. The van der Waals surface area contributed by atoms with Gasteiger partial charge >= 0.3 is 0 Å². The molecule has 28 heavy (non-hydrogen) atoms. The Balaban J connectivity index is 1.63. The Hall–Kier alpha value is -3.29. The van der Waals surface area contributed by atoms with Gasteiger partial charge in [-0.3, -0.25) is 9.59 Å². The number of hydrogen-bond donors (Lipinski definition) is 1. The van der Waals surface area contributed by atoms with Crippen LogP contribution in [0.2, 0.25) is 0 Å². The lowest BCUT2D eigenvalue weighted by Gasteiger charge is -2.25. The van der Waals surface area contributed by atoms with Crippen molar-refractivity contribution >= 4 is 17.5 Å². The first-order chi connectivity index (χ1) is 13.6. The van der Waals surface area contributed by atoms with Gasteiger partial charge in [0.1, 0.15) is 11.4 Å². The smallest absolute Gasteiger partial charge is 0.256 e. The molecule has 7 nitrogen and oxygen atoms in total. The molecule has 1 N–H and O–H groups in total. The summed E-state index contributed by atoms with van der Waals surface area (Å²) in [6.07, 6.45) is 5.04. The van der Waals surface area contributed by atoms with Gasteiger partial charge in [0, 0.05) is 19.8 Å². The summed E-state index contributed by atoms with van der Waals surface area (Å²) in [5.74, 6) is -0.590. The highest BCUT2D eigenvalue weighted by Crippen LogP contribution is 2.32. The second-order valence-corrected chi connectivity index (χ2v) is 6.79. The van der Waals surface area contributed by atoms with E-state index in [1.807, 2.05) is 11.0 Å². The SMILES string of the molecule is CNC(=O)c1cnn2c([C@@H]3CCCN3C(=O)Cc3ccc(F)cc3)ccnc12. The molecule has 1 atom stereocenters. The first-order valence-corrected chi connectivity index (χ1v) is 9.17. The Labute approximate surface area is 161 Å². The van der Waals surface area contributed by atoms with Crippen LogP contribution in [0.3, 0.4) is 0 Å². The zero-order chi connectivity index (χ0) is 19.7. The molecule has 0 radical (unpaired) electrons. The number of rotatable bonds is 4. The number of hydrogen-bond acceptors (Lipinski definition) is 4. The van der Waals surface area contributed by atoms with Crippen LogP contribution in [-0.4, -0.2) is 44.9 Å². The molecule has 1 fully saturated rings. The van der Waals surface area contributed by atoms with Gasteiger partial charge in [0.05, 0.1) is 24.4 Å². The van der Waals surface area contributed by atoms with Crippen LogP contribution in [0.25, 0.3) is 5.65 Å². The maximum atomic E-state index is 13.1. The lowest BCUT2D eigenvalue weighted by atomic mass is 10.1. The topological polar surface area (TPSA) is 79.6 Å². The second-order valence-electron chi connectivity index (χ2n) is 6.79. The number of nitrogens with one attached hydrogen (secondary N) is 1. The predicted molar refractivity (Wildman–Crippen MR) is 100 cm³/mol. The Bertz CT molecular complexity index is 1030. The van der Waals surface area contributed by atoms with E-state index in [0.29, 0.717) is 17.8 Å². The fourth-order valence-electron chi connectivity index (χ4n) is 3.71. The number of carbonyl (C=O) groups excluding carboxylic acids is 2. The number of nitrogens with zero attached hydrogens (tertiary/aromatic N) is 4. The van der Waals surface area contributed by atoms with Crippen LogP contribution in [0.4, 0.5) is 4.39 Å². The first-order valence-electron chi connectivity index (χ1n) is 9.17. The van der Waals surface area contributed by atoms with Crippen LogP contribution in [0.15, 0.2) is 42.7 Å². The molecule has 8 heteroatoms. The Morgan fingerprint density at radius 1 is 1.25 bits per heavy atom. The van der Waals surface area contributed by atoms with Gasteiger partial charge < -0.3 is 10.2 Å². The van der Waals surface area contributed by atoms with Crippen molar-refractivity contribution < 1.29 is 14.0 Å². The third kappa shape index (κ3) is 3.21. The molecule has 2 aromatic heterocycles. The fraction of sp³-hybridized carbons (Fsp3) is 0.300. The Morgan fingerprint density at radius 3 is 2.79 bits per heavy atom. The number of amides is 2. The van der Waals surface area contributed by atoms with Crippen LogP contribution < -0.4 is 5.32 Å². The van der Waals surface area contributed by atoms with Gasteiger partial charge in [-0.1, -0.05) is 12.1 Å². The van der Waals surface area contributed by atoms with Crippen LogP contribution in [-0.2, 0) is 11.2 Å². The highest BCUT2D eigenvalue weighted by atomic mass is 19.1. The van der Waals surface area contributed by atoms with Crippen molar-refractivity contribution in [2.45, 2.75) is 25.3 Å². The minimum absolute atomic E-state index is 0.0160. The van der Waals surface area contributed by atoms with Crippen molar-refractivity contribution in [3.05, 3.63) is 65.4 Å². The highest BCUT2D eigenvalue weighted by Gasteiger charge is 2.32. The summed E-state index contributed by atoms with van der Waals surface area (Å²) in [6, 6.07) is 7.68.